The second-order valence-corrected chi connectivity index (χ2v) is 0. The first-order chi connectivity index (χ1) is 1.00. The third kappa shape index (κ3) is 256. The van der Waals surface area contributed by atoms with Crippen molar-refractivity contribution in [2.24, 2.45) is 0 Å². The zero-order chi connectivity index (χ0) is 2.00. The quantitative estimate of drug-likeness (QED) is 0.242. The van der Waals surface area contributed by atoms with E-state index in [0.717, 1.165) is 0 Å². The Morgan fingerprint density at radius 2 is 0.417 bits per heavy atom. The third-order valence-electron chi connectivity index (χ3n) is 0. The summed E-state index contributed by atoms with van der Waals surface area (Å²) in [6.07, 6.45) is 0. The fraction of sp³-hybridized carbons (Fsp3) is 0. The van der Waals surface area contributed by atoms with E-state index >= 15 is 0 Å². The van der Waals surface area contributed by atoms with Gasteiger partial charge in [0.1, 0.15) is 0 Å². The summed E-state index contributed by atoms with van der Waals surface area (Å²) in [4.78, 5) is 0. The van der Waals surface area contributed by atoms with Gasteiger partial charge in [-0.05, 0) is 0 Å². The van der Waals surface area contributed by atoms with E-state index in [0.29, 0.717) is 0 Å². The Kier molecular flexibility index (Phi) is 5740. The predicted molar refractivity (Wildman–Crippen MR) is 50.1 cm³/mol. The molecule has 0 saturated heterocycles. The molecule has 0 aromatic rings. The first-order valence-electron chi connectivity index (χ1n) is 0.200. The summed E-state index contributed by atoms with van der Waals surface area (Å²) in [5, 5.41) is 12.0. The fourth-order valence-corrected chi connectivity index (χ4v) is 0. The smallest absolute Gasteiger partial charge is 1.00 e. The molecular formula is H22O10Sr2. The van der Waals surface area contributed by atoms with Crippen molar-refractivity contribution in [1.29, 1.82) is 0 Å². The predicted octanol–water partition coefficient (Wildman–Crippen LogP) is -6.89. The van der Waals surface area contributed by atoms with Gasteiger partial charge in [-0.15, -0.1) is 0 Å². The van der Waals surface area contributed by atoms with E-state index in [1.807, 2.05) is 0 Å². The topological polar surface area (TPSA) is 292 Å². The minimum absolute atomic E-state index is 0. The third-order valence-corrected chi connectivity index (χ3v) is 0. The average molecular weight is 357 g/mol. The van der Waals surface area contributed by atoms with Gasteiger partial charge in [0.2, 0.25) is 0 Å². The van der Waals surface area contributed by atoms with Gasteiger partial charge in [-0.3, -0.25) is 10.5 Å². The Morgan fingerprint density at radius 1 is 0.417 bits per heavy atom. The molecule has 12 heavy (non-hydrogen) atoms. The minimum Gasteiger partial charge on any atom is -1.00 e. The molecule has 18 N–H and O–H groups in total. The van der Waals surface area contributed by atoms with E-state index in [1.54, 1.807) is 0 Å². The summed E-state index contributed by atoms with van der Waals surface area (Å²) < 4.78 is 0. The van der Waals surface area contributed by atoms with Gasteiger partial charge in [-0.1, -0.05) is 0 Å². The van der Waals surface area contributed by atoms with Crippen LogP contribution in [0, 0.1) is 0 Å². The van der Waals surface area contributed by atoms with Gasteiger partial charge in [0.15, 0.2) is 0 Å². The molecule has 0 aliphatic heterocycles. The largest absolute Gasteiger partial charge is 2.00 e. The molecule has 0 spiro atoms. The molecule has 0 rings (SSSR count). The second-order valence-electron chi connectivity index (χ2n) is 0. The van der Waals surface area contributed by atoms with Crippen molar-refractivity contribution in [3.8, 4) is 0 Å². The molecule has 12 heteroatoms. The Bertz CT molecular complexity index is 20.8. The molecule has 10 nitrogen and oxygen atoms in total. The van der Waals surface area contributed by atoms with E-state index in [2.05, 4.69) is 0 Å². The van der Waals surface area contributed by atoms with Crippen LogP contribution in [0.1, 0.15) is 5.71 Å². The van der Waals surface area contributed by atoms with Crippen molar-refractivity contribution in [2.75, 3.05) is 0 Å². The number of hydrogen-bond acceptors (Lipinski definition) is 2. The maximum Gasteiger partial charge on any atom is 2.00 e. The molecule has 0 aliphatic rings. The van der Waals surface area contributed by atoms with Gasteiger partial charge in [0, 0.05) is 0 Å². The normalized spacial score (nSPS) is 0.500. The van der Waals surface area contributed by atoms with Gasteiger partial charge in [0.05, 0.1) is 0 Å². The zero-order valence-corrected chi connectivity index (χ0v) is 13.3. The minimum atomic E-state index is 0. The molecular weight excluding hydrogens is 335 g/mol. The maximum atomic E-state index is 6.00. The van der Waals surface area contributed by atoms with Crippen LogP contribution in [-0.2, 0) is 0 Å². The summed E-state index contributed by atoms with van der Waals surface area (Å²) in [6, 6.07) is 0. The van der Waals surface area contributed by atoms with Crippen LogP contribution >= 0.6 is 0 Å². The van der Waals surface area contributed by atoms with E-state index in [4.69, 9.17) is 10.5 Å². The van der Waals surface area contributed by atoms with Crippen molar-refractivity contribution >= 4 is 91.0 Å². The molecule has 0 heterocycles. The van der Waals surface area contributed by atoms with Gasteiger partial charge in [-0.2, -0.15) is 0 Å². The van der Waals surface area contributed by atoms with E-state index in [-0.39, 0.29) is 140 Å². The van der Waals surface area contributed by atoms with Crippen LogP contribution in [0.25, 0.3) is 0 Å². The van der Waals surface area contributed by atoms with Crippen molar-refractivity contribution in [3.05, 3.63) is 0 Å². The SMILES string of the molecule is O.O.O.O.O.O.O.O.OO.[H-].[H-].[H-].[H-].[Sr+2].[Sr+2]. The van der Waals surface area contributed by atoms with Gasteiger partial charge >= 0.3 is 91.0 Å². The zero-order valence-electron chi connectivity index (χ0n) is 10.3. The van der Waals surface area contributed by atoms with Gasteiger partial charge in [0.25, 0.3) is 0 Å². The van der Waals surface area contributed by atoms with Crippen LogP contribution in [0.4, 0.5) is 0 Å². The van der Waals surface area contributed by atoms with Crippen LogP contribution in [0.2, 0.25) is 0 Å². The van der Waals surface area contributed by atoms with Crippen LogP contribution in [0.15, 0.2) is 0 Å². The van der Waals surface area contributed by atoms with Crippen molar-refractivity contribution in [3.63, 3.8) is 0 Å². The standard InChI is InChI=1S/H2O2.8H2O.2Sr.4H/c1-2;;;;;;;;;;;;;;/h1-2H;8*1H2;;;;;;/q;;;;;;;;;2*+2;4*-1. The summed E-state index contributed by atoms with van der Waals surface area (Å²) >= 11 is 0. The molecule has 0 bridgehead atoms. The molecule has 0 aromatic carbocycles. The van der Waals surface area contributed by atoms with Crippen LogP contribution in [0.3, 0.4) is 0 Å². The molecule has 0 unspecified atom stereocenters. The molecule has 0 aromatic heterocycles. The average Bonchev–Trinajstić information content (AvgIpc) is 1.00. The molecule has 86 valence electrons. The fourth-order valence-electron chi connectivity index (χ4n) is 0. The van der Waals surface area contributed by atoms with Crippen molar-refractivity contribution in [2.45, 2.75) is 0 Å². The summed E-state index contributed by atoms with van der Waals surface area (Å²) in [7, 11) is 0. The summed E-state index contributed by atoms with van der Waals surface area (Å²) in [5.41, 5.74) is 0. The Labute approximate surface area is 148 Å². The summed E-state index contributed by atoms with van der Waals surface area (Å²) in [6.45, 7) is 0. The monoisotopic (exact) mass is 358 g/mol. The van der Waals surface area contributed by atoms with E-state index < -0.39 is 0 Å². The van der Waals surface area contributed by atoms with Gasteiger partial charge in [-0.25, -0.2) is 0 Å². The number of hydrogen-bond donors (Lipinski definition) is 2. The van der Waals surface area contributed by atoms with E-state index in [9.17, 15) is 0 Å². The Morgan fingerprint density at radius 3 is 0.417 bits per heavy atom. The van der Waals surface area contributed by atoms with E-state index in [1.165, 1.54) is 0 Å². The molecule has 0 amide bonds. The second kappa shape index (κ2) is 326. The first kappa shape index (κ1) is 211. The Hall–Kier alpha value is 2.56. The number of rotatable bonds is 0. The van der Waals surface area contributed by atoms with Crippen LogP contribution in [0.5, 0.6) is 0 Å². The maximum absolute atomic E-state index is 6.00. The van der Waals surface area contributed by atoms with Crippen molar-refractivity contribution in [1.82, 2.24) is 0 Å². The molecule has 0 atom stereocenters. The molecule has 0 saturated carbocycles. The van der Waals surface area contributed by atoms with Crippen LogP contribution < -0.4 is 0 Å². The van der Waals surface area contributed by atoms with Gasteiger partial charge < -0.3 is 49.5 Å². The van der Waals surface area contributed by atoms with Crippen LogP contribution in [-0.4, -0.2) is 145 Å². The summed E-state index contributed by atoms with van der Waals surface area (Å²) in [5.74, 6) is 0. The van der Waals surface area contributed by atoms with Crippen molar-refractivity contribution < 1.29 is 60.0 Å². The molecule has 0 fully saturated rings. The first-order valence-corrected chi connectivity index (χ1v) is 0.200. The Balaban J connectivity index is -0.0000000000549. The molecule has 0 aliphatic carbocycles. The molecule has 0 radical (unpaired) electrons.